The zero-order chi connectivity index (χ0) is 23.2. The Balaban J connectivity index is 2.01. The van der Waals surface area contributed by atoms with Crippen LogP contribution in [0.3, 0.4) is 0 Å². The molecule has 0 fully saturated rings. The molecular formula is C23H32N2O5S. The normalized spacial score (nSPS) is 11.2. The summed E-state index contributed by atoms with van der Waals surface area (Å²) in [5.74, 6) is 1.19. The Labute approximate surface area is 185 Å². The molecule has 2 aromatic rings. The Kier molecular flexibility index (Phi) is 8.33. The SMILES string of the molecule is COc1ccc(CN(C)C(=O)CCCN(c2cc(C)ccc2C)S(C)(=O)=O)cc1OC. The van der Waals surface area contributed by atoms with Gasteiger partial charge in [-0.15, -0.1) is 0 Å². The summed E-state index contributed by atoms with van der Waals surface area (Å²) in [4.78, 5) is 14.2. The van der Waals surface area contributed by atoms with E-state index in [9.17, 15) is 13.2 Å². The third-order valence-electron chi connectivity index (χ3n) is 5.08. The topological polar surface area (TPSA) is 76.2 Å². The van der Waals surface area contributed by atoms with Gasteiger partial charge in [-0.3, -0.25) is 9.10 Å². The second-order valence-electron chi connectivity index (χ2n) is 7.67. The molecule has 31 heavy (non-hydrogen) atoms. The van der Waals surface area contributed by atoms with E-state index in [0.717, 1.165) is 16.7 Å². The summed E-state index contributed by atoms with van der Waals surface area (Å²) < 4.78 is 36.7. The van der Waals surface area contributed by atoms with E-state index in [-0.39, 0.29) is 18.9 Å². The van der Waals surface area contributed by atoms with Gasteiger partial charge < -0.3 is 14.4 Å². The number of hydrogen-bond donors (Lipinski definition) is 0. The molecule has 8 heteroatoms. The second-order valence-corrected chi connectivity index (χ2v) is 9.57. The predicted molar refractivity (Wildman–Crippen MR) is 123 cm³/mol. The van der Waals surface area contributed by atoms with Crippen molar-refractivity contribution in [3.8, 4) is 11.5 Å². The highest BCUT2D eigenvalue weighted by atomic mass is 32.2. The van der Waals surface area contributed by atoms with Crippen molar-refractivity contribution in [1.29, 1.82) is 0 Å². The summed E-state index contributed by atoms with van der Waals surface area (Å²) >= 11 is 0. The smallest absolute Gasteiger partial charge is 0.232 e. The van der Waals surface area contributed by atoms with Crippen LogP contribution >= 0.6 is 0 Å². The van der Waals surface area contributed by atoms with Gasteiger partial charge in [0.25, 0.3) is 0 Å². The molecule has 7 nitrogen and oxygen atoms in total. The maximum Gasteiger partial charge on any atom is 0.232 e. The van der Waals surface area contributed by atoms with Crippen molar-refractivity contribution in [2.45, 2.75) is 33.2 Å². The van der Waals surface area contributed by atoms with Crippen molar-refractivity contribution in [2.75, 3.05) is 38.4 Å². The number of aryl methyl sites for hydroxylation is 2. The van der Waals surface area contributed by atoms with Crippen LogP contribution in [0.1, 0.15) is 29.5 Å². The standard InChI is InChI=1S/C23H32N2O5S/c1-17-9-10-18(2)20(14-17)25(31(6,27)28)13-7-8-23(26)24(3)16-19-11-12-21(29-4)22(15-19)30-5/h9-12,14-15H,7-8,13,16H2,1-6H3. The summed E-state index contributed by atoms with van der Waals surface area (Å²) in [5, 5.41) is 0. The van der Waals surface area contributed by atoms with E-state index < -0.39 is 10.0 Å². The quantitative estimate of drug-likeness (QED) is 0.556. The maximum atomic E-state index is 12.6. The van der Waals surface area contributed by atoms with Gasteiger partial charge in [-0.1, -0.05) is 18.2 Å². The van der Waals surface area contributed by atoms with Crippen LogP contribution in [0.4, 0.5) is 5.69 Å². The lowest BCUT2D eigenvalue weighted by molar-refractivity contribution is -0.130. The predicted octanol–water partition coefficient (Wildman–Crippen LogP) is 3.53. The fraction of sp³-hybridized carbons (Fsp3) is 0.435. The zero-order valence-corrected chi connectivity index (χ0v) is 20.0. The summed E-state index contributed by atoms with van der Waals surface area (Å²) in [6.07, 6.45) is 1.87. The van der Waals surface area contributed by atoms with E-state index in [2.05, 4.69) is 0 Å². The molecular weight excluding hydrogens is 416 g/mol. The third kappa shape index (κ3) is 6.62. The van der Waals surface area contributed by atoms with Crippen LogP contribution < -0.4 is 13.8 Å². The van der Waals surface area contributed by atoms with Crippen molar-refractivity contribution >= 4 is 21.6 Å². The Morgan fingerprint density at radius 1 is 1.00 bits per heavy atom. The van der Waals surface area contributed by atoms with Crippen molar-refractivity contribution in [3.63, 3.8) is 0 Å². The van der Waals surface area contributed by atoms with Crippen LogP contribution in [0, 0.1) is 13.8 Å². The van der Waals surface area contributed by atoms with Gasteiger partial charge >= 0.3 is 0 Å². The fourth-order valence-corrected chi connectivity index (χ4v) is 4.37. The van der Waals surface area contributed by atoms with Crippen LogP contribution in [0.25, 0.3) is 0 Å². The van der Waals surface area contributed by atoms with E-state index in [0.29, 0.717) is 30.2 Å². The molecule has 0 radical (unpaired) electrons. The van der Waals surface area contributed by atoms with Crippen molar-refractivity contribution < 1.29 is 22.7 Å². The molecule has 0 atom stereocenters. The lowest BCUT2D eigenvalue weighted by atomic mass is 10.1. The van der Waals surface area contributed by atoms with Crippen LogP contribution in [0.2, 0.25) is 0 Å². The number of carbonyl (C=O) groups excluding carboxylic acids is 1. The Morgan fingerprint density at radius 3 is 2.29 bits per heavy atom. The lowest BCUT2D eigenvalue weighted by Gasteiger charge is -2.25. The zero-order valence-electron chi connectivity index (χ0n) is 19.1. The average Bonchev–Trinajstić information content (AvgIpc) is 2.72. The van der Waals surface area contributed by atoms with Gasteiger partial charge in [0.2, 0.25) is 15.9 Å². The van der Waals surface area contributed by atoms with Crippen molar-refractivity contribution in [3.05, 3.63) is 53.1 Å². The molecule has 0 heterocycles. The first-order valence-electron chi connectivity index (χ1n) is 10.1. The van der Waals surface area contributed by atoms with E-state index in [1.165, 1.54) is 10.6 Å². The number of benzene rings is 2. The van der Waals surface area contributed by atoms with E-state index in [1.54, 1.807) is 32.2 Å². The first-order chi connectivity index (χ1) is 14.6. The molecule has 0 unspecified atom stereocenters. The first kappa shape index (κ1) is 24.5. The Bertz CT molecular complexity index is 1020. The molecule has 0 spiro atoms. The number of methoxy groups -OCH3 is 2. The number of sulfonamides is 1. The van der Waals surface area contributed by atoms with Gasteiger partial charge in [-0.25, -0.2) is 8.42 Å². The van der Waals surface area contributed by atoms with E-state index in [1.807, 2.05) is 44.2 Å². The summed E-state index contributed by atoms with van der Waals surface area (Å²) in [5.41, 5.74) is 3.45. The summed E-state index contributed by atoms with van der Waals surface area (Å²) in [6.45, 7) is 4.48. The molecule has 0 N–H and O–H groups in total. The Morgan fingerprint density at radius 2 is 1.68 bits per heavy atom. The molecule has 0 aliphatic heterocycles. The molecule has 0 saturated carbocycles. The number of nitrogens with zero attached hydrogens (tertiary/aromatic N) is 2. The minimum atomic E-state index is -3.46. The molecule has 2 rings (SSSR count). The van der Waals surface area contributed by atoms with Gasteiger partial charge in [0.15, 0.2) is 11.5 Å². The molecule has 0 aliphatic rings. The van der Waals surface area contributed by atoms with Gasteiger partial charge in [0.05, 0.1) is 26.2 Å². The highest BCUT2D eigenvalue weighted by Crippen LogP contribution is 2.28. The van der Waals surface area contributed by atoms with E-state index in [4.69, 9.17) is 9.47 Å². The van der Waals surface area contributed by atoms with E-state index >= 15 is 0 Å². The number of hydrogen-bond acceptors (Lipinski definition) is 5. The molecule has 0 aliphatic carbocycles. The molecule has 2 aromatic carbocycles. The van der Waals surface area contributed by atoms with Crippen LogP contribution in [-0.4, -0.2) is 53.3 Å². The first-order valence-corrected chi connectivity index (χ1v) is 11.9. The Hall–Kier alpha value is -2.74. The van der Waals surface area contributed by atoms with Crippen LogP contribution in [-0.2, 0) is 21.4 Å². The van der Waals surface area contributed by atoms with Crippen molar-refractivity contribution in [1.82, 2.24) is 4.90 Å². The highest BCUT2D eigenvalue weighted by Gasteiger charge is 2.20. The van der Waals surface area contributed by atoms with Gasteiger partial charge in [-0.05, 0) is 55.2 Å². The van der Waals surface area contributed by atoms with Gasteiger partial charge in [-0.2, -0.15) is 0 Å². The van der Waals surface area contributed by atoms with Gasteiger partial charge in [0, 0.05) is 26.6 Å². The summed E-state index contributed by atoms with van der Waals surface area (Å²) in [7, 11) is 1.42. The molecule has 0 saturated heterocycles. The number of rotatable bonds is 10. The van der Waals surface area contributed by atoms with Gasteiger partial charge in [0.1, 0.15) is 0 Å². The number of carbonyl (C=O) groups is 1. The monoisotopic (exact) mass is 448 g/mol. The molecule has 0 aromatic heterocycles. The second kappa shape index (κ2) is 10.5. The fourth-order valence-electron chi connectivity index (χ4n) is 3.36. The minimum Gasteiger partial charge on any atom is -0.493 e. The molecule has 0 bridgehead atoms. The minimum absolute atomic E-state index is 0.0517. The van der Waals surface area contributed by atoms with Crippen LogP contribution in [0.5, 0.6) is 11.5 Å². The van der Waals surface area contributed by atoms with Crippen molar-refractivity contribution in [2.24, 2.45) is 0 Å². The molecule has 1 amide bonds. The molecule has 170 valence electrons. The largest absolute Gasteiger partial charge is 0.493 e. The highest BCUT2D eigenvalue weighted by molar-refractivity contribution is 7.92. The number of anilines is 1. The average molecular weight is 449 g/mol. The lowest BCUT2D eigenvalue weighted by Crippen LogP contribution is -2.33. The third-order valence-corrected chi connectivity index (χ3v) is 6.26. The van der Waals surface area contributed by atoms with Crippen LogP contribution in [0.15, 0.2) is 36.4 Å². The number of ether oxygens (including phenoxy) is 2. The maximum absolute atomic E-state index is 12.6. The number of amides is 1. The summed E-state index contributed by atoms with van der Waals surface area (Å²) in [6, 6.07) is 11.3.